The van der Waals surface area contributed by atoms with Crippen LogP contribution in [0, 0.1) is 4.77 Å². The minimum absolute atomic E-state index is 0.295. The monoisotopic (exact) mass is 301 g/mol. The number of fused-ring (bicyclic) bond motifs is 1. The molecule has 0 fully saturated rings. The standard InChI is InChI=1S/C16H19N3OS/c17-15(20)7-8-18-9-10-19(16(18)21)14-6-5-12-3-1-2-4-13(12)11-14/h1-4,9-10,14H,5-8,11H2,(H2,17,20). The van der Waals surface area contributed by atoms with Crippen LogP contribution in [-0.2, 0) is 24.2 Å². The first-order chi connectivity index (χ1) is 10.1. The first kappa shape index (κ1) is 14.1. The highest BCUT2D eigenvalue weighted by molar-refractivity contribution is 7.71. The van der Waals surface area contributed by atoms with E-state index in [0.29, 0.717) is 19.0 Å². The largest absolute Gasteiger partial charge is 0.370 e. The highest BCUT2D eigenvalue weighted by Gasteiger charge is 2.20. The minimum Gasteiger partial charge on any atom is -0.370 e. The van der Waals surface area contributed by atoms with Gasteiger partial charge in [0.15, 0.2) is 4.77 Å². The van der Waals surface area contributed by atoms with E-state index >= 15 is 0 Å². The number of rotatable bonds is 4. The van der Waals surface area contributed by atoms with Crippen molar-refractivity contribution < 1.29 is 4.79 Å². The molecule has 1 aliphatic rings. The summed E-state index contributed by atoms with van der Waals surface area (Å²) in [6.45, 7) is 0.560. The van der Waals surface area contributed by atoms with Gasteiger partial charge in [0.25, 0.3) is 0 Å². The summed E-state index contributed by atoms with van der Waals surface area (Å²) in [6, 6.07) is 9.02. The van der Waals surface area contributed by atoms with E-state index in [1.54, 1.807) is 0 Å². The molecule has 110 valence electrons. The number of hydrogen-bond donors (Lipinski definition) is 1. The van der Waals surface area contributed by atoms with Gasteiger partial charge in [0.2, 0.25) is 5.91 Å². The normalized spacial score (nSPS) is 17.4. The number of hydrogen-bond acceptors (Lipinski definition) is 2. The molecular formula is C16H19N3OS. The molecular weight excluding hydrogens is 282 g/mol. The number of carbonyl (C=O) groups excluding carboxylic acids is 1. The van der Waals surface area contributed by atoms with Crippen molar-refractivity contribution in [2.75, 3.05) is 0 Å². The van der Waals surface area contributed by atoms with Crippen LogP contribution in [0.3, 0.4) is 0 Å². The second-order valence-electron chi connectivity index (χ2n) is 5.56. The van der Waals surface area contributed by atoms with Crippen molar-refractivity contribution in [3.8, 4) is 0 Å². The maximum atomic E-state index is 10.9. The molecule has 1 unspecified atom stereocenters. The van der Waals surface area contributed by atoms with Crippen molar-refractivity contribution in [1.29, 1.82) is 0 Å². The maximum absolute atomic E-state index is 10.9. The highest BCUT2D eigenvalue weighted by atomic mass is 32.1. The van der Waals surface area contributed by atoms with Crippen LogP contribution >= 0.6 is 12.2 Å². The number of aryl methyl sites for hydroxylation is 2. The van der Waals surface area contributed by atoms with E-state index in [9.17, 15) is 4.79 Å². The van der Waals surface area contributed by atoms with Crippen LogP contribution < -0.4 is 5.73 Å². The lowest BCUT2D eigenvalue weighted by Crippen LogP contribution is -2.19. The fraction of sp³-hybridized carbons (Fsp3) is 0.375. The van der Waals surface area contributed by atoms with Gasteiger partial charge in [-0.25, -0.2) is 0 Å². The van der Waals surface area contributed by atoms with Crippen molar-refractivity contribution >= 4 is 18.1 Å². The molecule has 21 heavy (non-hydrogen) atoms. The molecule has 1 heterocycles. The van der Waals surface area contributed by atoms with E-state index in [0.717, 1.165) is 24.0 Å². The van der Waals surface area contributed by atoms with Gasteiger partial charge >= 0.3 is 0 Å². The van der Waals surface area contributed by atoms with E-state index in [2.05, 4.69) is 28.8 Å². The van der Waals surface area contributed by atoms with Gasteiger partial charge in [-0.3, -0.25) is 4.79 Å². The van der Waals surface area contributed by atoms with Crippen molar-refractivity contribution in [2.45, 2.75) is 38.3 Å². The van der Waals surface area contributed by atoms with E-state index in [1.165, 1.54) is 11.1 Å². The summed E-state index contributed by atoms with van der Waals surface area (Å²) in [6.07, 6.45) is 7.52. The highest BCUT2D eigenvalue weighted by Crippen LogP contribution is 2.29. The molecule has 1 aliphatic carbocycles. The first-order valence-electron chi connectivity index (χ1n) is 7.27. The third kappa shape index (κ3) is 2.93. The second kappa shape index (κ2) is 5.85. The summed E-state index contributed by atoms with van der Waals surface area (Å²) in [5, 5.41) is 0. The van der Waals surface area contributed by atoms with Crippen LogP contribution in [0.2, 0.25) is 0 Å². The van der Waals surface area contributed by atoms with Gasteiger partial charge in [-0.2, -0.15) is 0 Å². The van der Waals surface area contributed by atoms with Crippen LogP contribution in [0.5, 0.6) is 0 Å². The summed E-state index contributed by atoms with van der Waals surface area (Å²) in [5.74, 6) is -0.295. The van der Waals surface area contributed by atoms with Crippen molar-refractivity contribution in [3.63, 3.8) is 0 Å². The number of nitrogens with zero attached hydrogens (tertiary/aromatic N) is 2. The van der Waals surface area contributed by atoms with Gasteiger partial charge in [-0.1, -0.05) is 24.3 Å². The maximum Gasteiger partial charge on any atom is 0.219 e. The molecule has 2 aromatic rings. The number of imidazole rings is 1. The average molecular weight is 301 g/mol. The molecule has 1 aromatic heterocycles. The van der Waals surface area contributed by atoms with E-state index in [-0.39, 0.29) is 5.91 Å². The fourth-order valence-corrected chi connectivity index (χ4v) is 3.38. The molecule has 5 heteroatoms. The lowest BCUT2D eigenvalue weighted by molar-refractivity contribution is -0.118. The molecule has 2 N–H and O–H groups in total. The lowest BCUT2D eigenvalue weighted by Gasteiger charge is -2.25. The number of nitrogens with two attached hydrogens (primary N) is 1. The number of benzene rings is 1. The molecule has 1 atom stereocenters. The Morgan fingerprint density at radius 3 is 2.81 bits per heavy atom. The zero-order chi connectivity index (χ0) is 14.8. The van der Waals surface area contributed by atoms with Gasteiger partial charge in [0.1, 0.15) is 0 Å². The summed E-state index contributed by atoms with van der Waals surface area (Å²) < 4.78 is 4.87. The summed E-state index contributed by atoms with van der Waals surface area (Å²) >= 11 is 5.53. The SMILES string of the molecule is NC(=O)CCn1ccn(C2CCc3ccccc3C2)c1=S. The smallest absolute Gasteiger partial charge is 0.219 e. The number of primary amides is 1. The Balaban J connectivity index is 1.80. The predicted molar refractivity (Wildman–Crippen MR) is 84.6 cm³/mol. The average Bonchev–Trinajstić information content (AvgIpc) is 2.85. The molecule has 0 saturated carbocycles. The molecule has 4 nitrogen and oxygen atoms in total. The summed E-state index contributed by atoms with van der Waals surface area (Å²) in [7, 11) is 0. The minimum atomic E-state index is -0.295. The van der Waals surface area contributed by atoms with Crippen molar-refractivity contribution in [2.24, 2.45) is 5.73 Å². The zero-order valence-electron chi connectivity index (χ0n) is 11.9. The molecule has 0 saturated heterocycles. The molecule has 3 rings (SSSR count). The zero-order valence-corrected chi connectivity index (χ0v) is 12.7. The van der Waals surface area contributed by atoms with Gasteiger partial charge in [0.05, 0.1) is 0 Å². The van der Waals surface area contributed by atoms with Crippen LogP contribution in [0.1, 0.15) is 30.0 Å². The van der Waals surface area contributed by atoms with Gasteiger partial charge in [-0.15, -0.1) is 0 Å². The molecule has 0 aliphatic heterocycles. The van der Waals surface area contributed by atoms with Gasteiger partial charge in [0, 0.05) is 31.4 Å². The van der Waals surface area contributed by atoms with Crippen LogP contribution in [0.25, 0.3) is 0 Å². The third-order valence-electron chi connectivity index (χ3n) is 4.19. The van der Waals surface area contributed by atoms with Gasteiger partial charge < -0.3 is 14.9 Å². The van der Waals surface area contributed by atoms with Crippen molar-refractivity contribution in [3.05, 3.63) is 52.6 Å². The Morgan fingerprint density at radius 2 is 2.05 bits per heavy atom. The van der Waals surface area contributed by atoms with Crippen LogP contribution in [0.15, 0.2) is 36.7 Å². The molecule has 0 radical (unpaired) electrons. The number of aromatic nitrogens is 2. The van der Waals surface area contributed by atoms with Gasteiger partial charge in [-0.05, 0) is 42.6 Å². The summed E-state index contributed by atoms with van der Waals surface area (Å²) in [5.41, 5.74) is 8.07. The van der Waals surface area contributed by atoms with E-state index in [4.69, 9.17) is 18.0 Å². The molecule has 0 spiro atoms. The quantitative estimate of drug-likeness (QED) is 0.883. The predicted octanol–water partition coefficient (Wildman–Crippen LogP) is 2.62. The van der Waals surface area contributed by atoms with E-state index in [1.807, 2.05) is 17.0 Å². The second-order valence-corrected chi connectivity index (χ2v) is 5.93. The topological polar surface area (TPSA) is 53.0 Å². The number of carbonyl (C=O) groups is 1. The molecule has 1 aromatic carbocycles. The first-order valence-corrected chi connectivity index (χ1v) is 7.68. The van der Waals surface area contributed by atoms with Crippen molar-refractivity contribution in [1.82, 2.24) is 9.13 Å². The Hall–Kier alpha value is -1.88. The fourth-order valence-electron chi connectivity index (χ4n) is 3.02. The molecule has 0 bridgehead atoms. The molecule has 1 amide bonds. The Labute approximate surface area is 129 Å². The van der Waals surface area contributed by atoms with E-state index < -0.39 is 0 Å². The lowest BCUT2D eigenvalue weighted by atomic mass is 9.88. The van der Waals surface area contributed by atoms with Crippen LogP contribution in [0.4, 0.5) is 0 Å². The van der Waals surface area contributed by atoms with Crippen LogP contribution in [-0.4, -0.2) is 15.0 Å². The Morgan fingerprint density at radius 1 is 1.29 bits per heavy atom. The number of amides is 1. The third-order valence-corrected chi connectivity index (χ3v) is 4.63. The summed E-state index contributed by atoms with van der Waals surface area (Å²) in [4.78, 5) is 10.9. The Kier molecular flexibility index (Phi) is 3.92. The Bertz CT molecular complexity index is 716.